The number of hydrogen-bond acceptors (Lipinski definition) is 8. The number of aromatic hydroxyl groups is 1. The summed E-state index contributed by atoms with van der Waals surface area (Å²) in [6.45, 7) is 4.45. The van der Waals surface area contributed by atoms with Crippen LogP contribution in [0.1, 0.15) is 55.8 Å². The summed E-state index contributed by atoms with van der Waals surface area (Å²) >= 11 is 0. The lowest BCUT2D eigenvalue weighted by Crippen LogP contribution is -2.41. The second-order valence-corrected chi connectivity index (χ2v) is 9.21. The number of carbonyl (C=O) groups is 1. The van der Waals surface area contributed by atoms with E-state index in [9.17, 15) is 18.7 Å². The van der Waals surface area contributed by atoms with E-state index in [1.54, 1.807) is 0 Å². The van der Waals surface area contributed by atoms with E-state index in [1.807, 2.05) is 0 Å². The Hall–Kier alpha value is -3.63. The van der Waals surface area contributed by atoms with Gasteiger partial charge in [-0.05, 0) is 43.2 Å². The molecule has 1 fully saturated rings. The smallest absolute Gasteiger partial charge is 0.251 e. The highest BCUT2D eigenvalue weighted by atomic mass is 19.1. The Morgan fingerprint density at radius 3 is 2.41 bits per heavy atom. The van der Waals surface area contributed by atoms with Crippen molar-refractivity contribution >= 4 is 5.91 Å². The SMILES string of the molecule is COc1cnc(-c2noc(C3(C)CCC(C)(CNC(=O)c4cc(F)c(O)c(F)c4)CC3)n2)cn1. The summed E-state index contributed by atoms with van der Waals surface area (Å²) in [5, 5.41) is 16.0. The maximum absolute atomic E-state index is 13.6. The van der Waals surface area contributed by atoms with Crippen LogP contribution in [0.15, 0.2) is 29.0 Å². The molecule has 1 saturated carbocycles. The van der Waals surface area contributed by atoms with Crippen LogP contribution in [0.5, 0.6) is 11.6 Å². The Kier molecular flexibility index (Phi) is 6.20. The van der Waals surface area contributed by atoms with Gasteiger partial charge in [0.15, 0.2) is 17.4 Å². The average molecular weight is 473 g/mol. The summed E-state index contributed by atoms with van der Waals surface area (Å²) in [4.78, 5) is 25.3. The molecule has 0 unspecified atom stereocenters. The van der Waals surface area contributed by atoms with E-state index in [4.69, 9.17) is 9.26 Å². The van der Waals surface area contributed by atoms with Crippen LogP contribution in [-0.2, 0) is 5.41 Å². The van der Waals surface area contributed by atoms with Crippen LogP contribution in [0.2, 0.25) is 0 Å². The minimum atomic E-state index is -1.18. The van der Waals surface area contributed by atoms with Crippen molar-refractivity contribution in [2.24, 2.45) is 5.41 Å². The molecule has 2 N–H and O–H groups in total. The van der Waals surface area contributed by atoms with Crippen molar-refractivity contribution in [2.75, 3.05) is 13.7 Å². The number of hydrogen-bond donors (Lipinski definition) is 2. The quantitative estimate of drug-likeness (QED) is 0.554. The predicted molar refractivity (Wildman–Crippen MR) is 116 cm³/mol. The maximum atomic E-state index is 13.6. The molecule has 0 radical (unpaired) electrons. The second-order valence-electron chi connectivity index (χ2n) is 9.21. The van der Waals surface area contributed by atoms with Crippen molar-refractivity contribution in [3.05, 3.63) is 47.6 Å². The Bertz CT molecular complexity index is 1170. The minimum Gasteiger partial charge on any atom is -0.503 e. The van der Waals surface area contributed by atoms with Gasteiger partial charge in [0.05, 0.1) is 19.5 Å². The van der Waals surface area contributed by atoms with Gasteiger partial charge in [0.25, 0.3) is 5.91 Å². The molecular weight excluding hydrogens is 448 g/mol. The minimum absolute atomic E-state index is 0.183. The van der Waals surface area contributed by atoms with Gasteiger partial charge in [-0.1, -0.05) is 19.0 Å². The molecular formula is C23H25F2N5O4. The lowest BCUT2D eigenvalue weighted by Gasteiger charge is -2.41. The van der Waals surface area contributed by atoms with Gasteiger partial charge >= 0.3 is 0 Å². The topological polar surface area (TPSA) is 123 Å². The Morgan fingerprint density at radius 1 is 1.15 bits per heavy atom. The summed E-state index contributed by atoms with van der Waals surface area (Å²) in [6.07, 6.45) is 6.02. The molecule has 180 valence electrons. The van der Waals surface area contributed by atoms with Crippen molar-refractivity contribution < 1.29 is 27.9 Å². The highest BCUT2D eigenvalue weighted by molar-refractivity contribution is 5.94. The van der Waals surface area contributed by atoms with E-state index >= 15 is 0 Å². The molecule has 3 aromatic rings. The summed E-state index contributed by atoms with van der Waals surface area (Å²) in [5.41, 5.74) is -0.257. The number of rotatable bonds is 6. The Labute approximate surface area is 194 Å². The molecule has 1 amide bonds. The fourth-order valence-electron chi connectivity index (χ4n) is 4.00. The van der Waals surface area contributed by atoms with Gasteiger partial charge in [-0.2, -0.15) is 4.98 Å². The third-order valence-electron chi connectivity index (χ3n) is 6.52. The lowest BCUT2D eigenvalue weighted by atomic mass is 9.65. The van der Waals surface area contributed by atoms with Gasteiger partial charge < -0.3 is 19.7 Å². The third-order valence-corrected chi connectivity index (χ3v) is 6.52. The van der Waals surface area contributed by atoms with Crippen molar-refractivity contribution in [1.82, 2.24) is 25.4 Å². The number of nitrogens with one attached hydrogen (secondary N) is 1. The van der Waals surface area contributed by atoms with E-state index < -0.39 is 23.3 Å². The molecule has 1 aromatic carbocycles. The van der Waals surface area contributed by atoms with Crippen LogP contribution in [0.4, 0.5) is 8.78 Å². The first-order valence-corrected chi connectivity index (χ1v) is 10.8. The summed E-state index contributed by atoms with van der Waals surface area (Å²) < 4.78 is 37.7. The standard InChI is InChI=1S/C23H25F2N5O4/c1-22(12-28-20(32)13-8-14(24)18(31)15(25)9-13)4-6-23(2,7-5-22)21-29-19(30-34-21)16-10-27-17(33-3)11-26-16/h8-11,31H,4-7,12H2,1-3H3,(H,28,32). The van der Waals surface area contributed by atoms with Crippen LogP contribution >= 0.6 is 0 Å². The maximum Gasteiger partial charge on any atom is 0.251 e. The summed E-state index contributed by atoms with van der Waals surface area (Å²) in [5.74, 6) is -2.80. The second kappa shape index (κ2) is 8.96. The van der Waals surface area contributed by atoms with Gasteiger partial charge in [0.1, 0.15) is 5.69 Å². The molecule has 1 aliphatic carbocycles. The van der Waals surface area contributed by atoms with Crippen molar-refractivity contribution in [3.63, 3.8) is 0 Å². The summed E-state index contributed by atoms with van der Waals surface area (Å²) in [7, 11) is 1.51. The van der Waals surface area contributed by atoms with E-state index in [-0.39, 0.29) is 16.4 Å². The van der Waals surface area contributed by atoms with Crippen molar-refractivity contribution in [1.29, 1.82) is 0 Å². The highest BCUT2D eigenvalue weighted by Crippen LogP contribution is 2.46. The fraction of sp³-hybridized carbons (Fsp3) is 0.435. The molecule has 0 bridgehead atoms. The van der Waals surface area contributed by atoms with E-state index in [0.29, 0.717) is 29.8 Å². The molecule has 2 heterocycles. The third kappa shape index (κ3) is 4.68. The van der Waals surface area contributed by atoms with Crippen LogP contribution in [-0.4, -0.2) is 44.8 Å². The molecule has 2 aromatic heterocycles. The predicted octanol–water partition coefficient (Wildman–Crippen LogP) is 3.79. The normalized spacial score (nSPS) is 22.4. The molecule has 9 nitrogen and oxygen atoms in total. The first-order valence-electron chi connectivity index (χ1n) is 10.8. The van der Waals surface area contributed by atoms with E-state index in [1.165, 1.54) is 19.5 Å². The molecule has 4 rings (SSSR count). The number of phenolic OH excluding ortho intramolecular Hbond substituents is 1. The molecule has 11 heteroatoms. The van der Waals surface area contributed by atoms with Gasteiger partial charge in [-0.15, -0.1) is 0 Å². The Balaban J connectivity index is 1.38. The first kappa shape index (κ1) is 23.5. The van der Waals surface area contributed by atoms with Gasteiger partial charge in [0, 0.05) is 17.5 Å². The van der Waals surface area contributed by atoms with Gasteiger partial charge in [-0.25, -0.2) is 18.7 Å². The molecule has 0 spiro atoms. The number of nitrogens with zero attached hydrogens (tertiary/aromatic N) is 4. The van der Waals surface area contributed by atoms with Crippen LogP contribution in [0, 0.1) is 17.0 Å². The van der Waals surface area contributed by atoms with Gasteiger partial charge in [0.2, 0.25) is 17.6 Å². The van der Waals surface area contributed by atoms with Crippen LogP contribution in [0.3, 0.4) is 0 Å². The van der Waals surface area contributed by atoms with Crippen LogP contribution in [0.25, 0.3) is 11.5 Å². The van der Waals surface area contributed by atoms with E-state index in [0.717, 1.165) is 37.8 Å². The largest absolute Gasteiger partial charge is 0.503 e. The zero-order valence-electron chi connectivity index (χ0n) is 19.1. The molecule has 1 aliphatic rings. The lowest BCUT2D eigenvalue weighted by molar-refractivity contribution is 0.0882. The van der Waals surface area contributed by atoms with Gasteiger partial charge in [-0.3, -0.25) is 4.79 Å². The number of ether oxygens (including phenoxy) is 1. The zero-order chi connectivity index (χ0) is 24.5. The Morgan fingerprint density at radius 2 is 1.82 bits per heavy atom. The fourth-order valence-corrected chi connectivity index (χ4v) is 4.00. The first-order chi connectivity index (χ1) is 16.1. The van der Waals surface area contributed by atoms with Crippen molar-refractivity contribution in [2.45, 2.75) is 44.9 Å². The van der Waals surface area contributed by atoms with Crippen LogP contribution < -0.4 is 10.1 Å². The van der Waals surface area contributed by atoms with Crippen molar-refractivity contribution in [3.8, 4) is 23.1 Å². The summed E-state index contributed by atoms with van der Waals surface area (Å²) in [6, 6.07) is 1.63. The molecule has 0 saturated heterocycles. The number of carbonyl (C=O) groups excluding carboxylic acids is 1. The number of aromatic nitrogens is 4. The molecule has 0 atom stereocenters. The number of methoxy groups -OCH3 is 1. The molecule has 34 heavy (non-hydrogen) atoms. The highest BCUT2D eigenvalue weighted by Gasteiger charge is 2.42. The number of amides is 1. The van der Waals surface area contributed by atoms with E-state index in [2.05, 4.69) is 39.3 Å². The molecule has 0 aliphatic heterocycles. The zero-order valence-corrected chi connectivity index (χ0v) is 19.1. The number of halogens is 2. The number of benzene rings is 1. The average Bonchev–Trinajstić information content (AvgIpc) is 3.34. The number of phenols is 1. The monoisotopic (exact) mass is 473 g/mol.